The molecule has 0 N–H and O–H groups in total. The highest BCUT2D eigenvalue weighted by atomic mass is 31.1. The molecule has 0 aromatic rings. The van der Waals surface area contributed by atoms with Gasteiger partial charge in [-0.3, -0.25) is 8.75 Å². The van der Waals surface area contributed by atoms with Crippen LogP contribution in [0.15, 0.2) is 4.41 Å². The number of rotatable bonds is 3. The van der Waals surface area contributed by atoms with Crippen LogP contribution in [-0.4, -0.2) is 26.3 Å². The minimum Gasteiger partial charge on any atom is -0.293 e. The summed E-state index contributed by atoms with van der Waals surface area (Å²) in [5, 5.41) is 0. The van der Waals surface area contributed by atoms with E-state index in [2.05, 4.69) is 64.4 Å². The van der Waals surface area contributed by atoms with E-state index in [-0.39, 0.29) is 5.54 Å². The smallest absolute Gasteiger partial charge is 0.179 e. The Bertz CT molecular complexity index is 219. The Balaban J connectivity index is 4.94. The highest BCUT2D eigenvalue weighted by Gasteiger charge is 2.33. The number of nitrogens with zero attached hydrogens (tertiary/aromatic N) is 2. The second-order valence-corrected chi connectivity index (χ2v) is 17.9. The largest absolute Gasteiger partial charge is 0.293 e. The van der Waals surface area contributed by atoms with E-state index in [1.165, 1.54) is 8.52 Å². The maximum atomic E-state index is 4.86. The van der Waals surface area contributed by atoms with Crippen LogP contribution in [0.1, 0.15) is 20.8 Å². The van der Waals surface area contributed by atoms with Crippen molar-refractivity contribution in [1.29, 1.82) is 0 Å². The first-order chi connectivity index (χ1) is 6.34. The summed E-state index contributed by atoms with van der Waals surface area (Å²) < 4.78 is 7.44. The molecule has 15 heavy (non-hydrogen) atoms. The highest BCUT2D eigenvalue weighted by molar-refractivity contribution is 7.30. The second-order valence-electron chi connectivity index (χ2n) is 7.01. The van der Waals surface area contributed by atoms with Crippen LogP contribution in [0.2, 0.25) is 39.3 Å². The zero-order chi connectivity index (χ0) is 12.5. The SMILES string of the molecule is CC(C)(C)N(P=N[Si](C)(C)C)[Si](C)(C)C. The molecule has 0 atom stereocenters. The van der Waals surface area contributed by atoms with Gasteiger partial charge in [0.15, 0.2) is 8.24 Å². The zero-order valence-corrected chi connectivity index (χ0v) is 14.7. The van der Waals surface area contributed by atoms with Crippen LogP contribution in [0, 0.1) is 0 Å². The molecule has 2 nitrogen and oxygen atoms in total. The van der Waals surface area contributed by atoms with Crippen LogP contribution >= 0.6 is 8.52 Å². The van der Waals surface area contributed by atoms with Crippen molar-refractivity contribution in [2.75, 3.05) is 0 Å². The molecular formula is C10H27N2PSi2. The van der Waals surface area contributed by atoms with Crippen molar-refractivity contribution in [2.24, 2.45) is 4.41 Å². The molecule has 0 saturated carbocycles. The minimum atomic E-state index is -1.28. The molecule has 0 aliphatic rings. The van der Waals surface area contributed by atoms with Crippen molar-refractivity contribution in [3.63, 3.8) is 0 Å². The molecule has 0 amide bonds. The lowest BCUT2D eigenvalue weighted by molar-refractivity contribution is 0.378. The van der Waals surface area contributed by atoms with Crippen molar-refractivity contribution in [1.82, 2.24) is 4.34 Å². The van der Waals surface area contributed by atoms with E-state index in [1.54, 1.807) is 0 Å². The molecule has 0 aromatic heterocycles. The average molecular weight is 262 g/mol. The summed E-state index contributed by atoms with van der Waals surface area (Å²) in [6.07, 6.45) is 0. The number of hydrogen-bond acceptors (Lipinski definition) is 1. The second kappa shape index (κ2) is 4.78. The summed E-state index contributed by atoms with van der Waals surface area (Å²) in [5.41, 5.74) is 0.231. The first-order valence-corrected chi connectivity index (χ1v) is 13.3. The lowest BCUT2D eigenvalue weighted by atomic mass is 10.1. The summed E-state index contributed by atoms with van der Waals surface area (Å²) in [6.45, 7) is 20.9. The molecule has 0 saturated heterocycles. The van der Waals surface area contributed by atoms with Crippen molar-refractivity contribution in [2.45, 2.75) is 65.6 Å². The fourth-order valence-corrected chi connectivity index (χ4v) is 6.64. The molecular weight excluding hydrogens is 235 g/mol. The lowest BCUT2D eigenvalue weighted by Gasteiger charge is -2.40. The third-order valence-electron chi connectivity index (χ3n) is 1.70. The van der Waals surface area contributed by atoms with Gasteiger partial charge in [-0.05, 0) is 40.4 Å². The van der Waals surface area contributed by atoms with Crippen molar-refractivity contribution < 1.29 is 0 Å². The molecule has 90 valence electrons. The zero-order valence-electron chi connectivity index (χ0n) is 11.8. The standard InChI is InChI=1S/C10H27N2PSi2/c1-10(2,3)12(15(7,8)9)13-11-14(4,5)6/h1-9H3. The Kier molecular flexibility index (Phi) is 4.94. The van der Waals surface area contributed by atoms with E-state index in [0.717, 1.165) is 0 Å². The van der Waals surface area contributed by atoms with E-state index >= 15 is 0 Å². The molecule has 0 aliphatic heterocycles. The predicted octanol–water partition coefficient (Wildman–Crippen LogP) is 4.80. The Hall–Kier alpha value is 0.494. The third kappa shape index (κ3) is 6.61. The van der Waals surface area contributed by atoms with Crippen LogP contribution in [0.5, 0.6) is 0 Å². The summed E-state index contributed by atoms with van der Waals surface area (Å²) >= 11 is 0. The van der Waals surface area contributed by atoms with Crippen LogP contribution in [-0.2, 0) is 0 Å². The van der Waals surface area contributed by atoms with Gasteiger partial charge in [0.25, 0.3) is 0 Å². The van der Waals surface area contributed by atoms with Gasteiger partial charge in [0.1, 0.15) is 8.24 Å². The van der Waals surface area contributed by atoms with Gasteiger partial charge in [-0.15, -0.1) is 0 Å². The van der Waals surface area contributed by atoms with E-state index in [1.807, 2.05) is 0 Å². The van der Waals surface area contributed by atoms with Gasteiger partial charge < -0.3 is 0 Å². The molecule has 0 aliphatic carbocycles. The molecule has 0 spiro atoms. The van der Waals surface area contributed by atoms with Crippen molar-refractivity contribution in [3.05, 3.63) is 0 Å². The van der Waals surface area contributed by atoms with Crippen molar-refractivity contribution >= 4 is 25.0 Å². The van der Waals surface area contributed by atoms with E-state index < -0.39 is 16.5 Å². The quantitative estimate of drug-likeness (QED) is 0.527. The molecule has 0 heterocycles. The maximum Gasteiger partial charge on any atom is 0.179 e. The topological polar surface area (TPSA) is 15.6 Å². The fraction of sp³-hybridized carbons (Fsp3) is 1.00. The van der Waals surface area contributed by atoms with Crippen LogP contribution < -0.4 is 0 Å². The lowest BCUT2D eigenvalue weighted by Crippen LogP contribution is -2.50. The molecule has 0 rings (SSSR count). The van der Waals surface area contributed by atoms with E-state index in [9.17, 15) is 0 Å². The Morgan fingerprint density at radius 2 is 1.33 bits per heavy atom. The third-order valence-corrected chi connectivity index (χ3v) is 9.25. The van der Waals surface area contributed by atoms with Gasteiger partial charge in [-0.25, -0.2) is 0 Å². The van der Waals surface area contributed by atoms with Crippen LogP contribution in [0.25, 0.3) is 0 Å². The van der Waals surface area contributed by atoms with Gasteiger partial charge in [0.2, 0.25) is 0 Å². The van der Waals surface area contributed by atoms with E-state index in [0.29, 0.717) is 0 Å². The van der Waals surface area contributed by atoms with Gasteiger partial charge in [-0.2, -0.15) is 0 Å². The van der Waals surface area contributed by atoms with Crippen LogP contribution in [0.4, 0.5) is 0 Å². The Labute approximate surface area is 99.6 Å². The van der Waals surface area contributed by atoms with E-state index in [4.69, 9.17) is 4.41 Å². The van der Waals surface area contributed by atoms with Crippen molar-refractivity contribution in [3.8, 4) is 0 Å². The highest BCUT2D eigenvalue weighted by Crippen LogP contribution is 2.31. The fourth-order valence-electron chi connectivity index (χ4n) is 1.45. The Morgan fingerprint density at radius 3 is 1.53 bits per heavy atom. The van der Waals surface area contributed by atoms with Gasteiger partial charge in [-0.1, -0.05) is 19.6 Å². The molecule has 0 aromatic carbocycles. The normalized spacial score (nSPS) is 15.3. The van der Waals surface area contributed by atoms with Gasteiger partial charge in [0, 0.05) is 5.54 Å². The van der Waals surface area contributed by atoms with Gasteiger partial charge >= 0.3 is 0 Å². The van der Waals surface area contributed by atoms with Gasteiger partial charge in [0.05, 0.1) is 8.52 Å². The molecule has 0 bridgehead atoms. The summed E-state index contributed by atoms with van der Waals surface area (Å²) in [6, 6.07) is 0. The molecule has 0 fully saturated rings. The predicted molar refractivity (Wildman–Crippen MR) is 77.6 cm³/mol. The molecule has 5 heteroatoms. The first-order valence-electron chi connectivity index (χ1n) is 5.57. The molecule has 0 unspecified atom stereocenters. The monoisotopic (exact) mass is 262 g/mol. The summed E-state index contributed by atoms with van der Waals surface area (Å²) in [4.78, 5) is 0. The minimum absolute atomic E-state index is 0.231. The Morgan fingerprint density at radius 1 is 0.933 bits per heavy atom. The van der Waals surface area contributed by atoms with Crippen LogP contribution in [0.3, 0.4) is 0 Å². The molecule has 0 radical (unpaired) electrons. The summed E-state index contributed by atoms with van der Waals surface area (Å²) in [7, 11) is -1.37. The first kappa shape index (κ1) is 15.5. The maximum absolute atomic E-state index is 4.86. The number of hydrogen-bond donors (Lipinski definition) is 0. The summed E-state index contributed by atoms with van der Waals surface area (Å²) in [5.74, 6) is 0. The average Bonchev–Trinajstić information content (AvgIpc) is 1.75.